The lowest BCUT2D eigenvalue weighted by atomic mass is 9.67. The number of fused-ring (bicyclic) bond motifs is 2. The van der Waals surface area contributed by atoms with Crippen molar-refractivity contribution >= 4 is 53.2 Å². The normalized spacial score (nSPS) is 30.8. The highest BCUT2D eigenvalue weighted by Crippen LogP contribution is 2.41. The van der Waals surface area contributed by atoms with Crippen molar-refractivity contribution in [2.75, 3.05) is 20.2 Å². The Bertz CT molecular complexity index is 1740. The molecule has 2 amide bonds. The highest BCUT2D eigenvalue weighted by atomic mass is 32.1. The van der Waals surface area contributed by atoms with E-state index in [4.69, 9.17) is 14.2 Å². The predicted molar refractivity (Wildman–Crippen MR) is 201 cm³/mol. The van der Waals surface area contributed by atoms with E-state index in [-0.39, 0.29) is 29.8 Å². The zero-order chi connectivity index (χ0) is 38.0. The van der Waals surface area contributed by atoms with E-state index in [1.165, 1.54) is 6.92 Å². The van der Waals surface area contributed by atoms with Crippen LogP contribution in [0.1, 0.15) is 80.6 Å². The number of methoxy groups -OCH3 is 1. The molecule has 8 atom stereocenters. The number of ether oxygens (including phenoxy) is 3. The summed E-state index contributed by atoms with van der Waals surface area (Å²) in [6, 6.07) is 6.81. The van der Waals surface area contributed by atoms with E-state index >= 15 is 0 Å². The van der Waals surface area contributed by atoms with Crippen LogP contribution >= 0.6 is 11.3 Å². The molecule has 2 aromatic heterocycles. The largest absolute Gasteiger partial charge is 0.458 e. The van der Waals surface area contributed by atoms with Crippen molar-refractivity contribution < 1.29 is 33.4 Å². The summed E-state index contributed by atoms with van der Waals surface area (Å²) in [4.78, 5) is 62.3. The Labute approximate surface area is 311 Å². The number of hydrogen-bond donors (Lipinski definition) is 0. The monoisotopic (exact) mass is 736 g/mol. The second-order valence-electron chi connectivity index (χ2n) is 15.1. The lowest BCUT2D eigenvalue weighted by molar-refractivity contribution is -0.171. The number of ketones is 1. The number of benzene rings is 1. The van der Waals surface area contributed by atoms with Crippen molar-refractivity contribution in [3.8, 4) is 10.7 Å². The smallest absolute Gasteiger partial charge is 0.410 e. The summed E-state index contributed by atoms with van der Waals surface area (Å²) < 4.78 is 21.1. The highest BCUT2D eigenvalue weighted by molar-refractivity contribution is 7.21. The standard InChI is InChI=1S/C37H53BN6O7S/c1-9-31-37(7)32(24(4)44(25(5)45)20-22(2)19-36(6,49-8)30(38)18-28(46)23(3)34(47)50-31)43(35(48)51-37)17-13-12-16-42-21-27(40-41-42)33-39-26-14-10-11-15-29(26)52-33/h10-11,14-15,21-24,30-32H,9,12-13,16-20,38H2,1-8H3/t22-,23-,24-,30-,31-,32-,36-,37-/m1/s1. The molecule has 0 N–H and O–H groups in total. The van der Waals surface area contributed by atoms with Crippen molar-refractivity contribution in [3.63, 3.8) is 0 Å². The maximum Gasteiger partial charge on any atom is 0.410 e. The van der Waals surface area contributed by atoms with Gasteiger partial charge in [0.2, 0.25) is 5.91 Å². The first kappa shape index (κ1) is 39.4. The van der Waals surface area contributed by atoms with Crippen molar-refractivity contribution in [2.24, 2.45) is 11.8 Å². The third-order valence-electron chi connectivity index (χ3n) is 11.3. The van der Waals surface area contributed by atoms with Crippen LogP contribution in [-0.4, -0.2) is 111 Å². The molecular weight excluding hydrogens is 683 g/mol. The van der Waals surface area contributed by atoms with E-state index in [2.05, 4.69) is 22.2 Å². The number of unbranched alkanes of at least 4 members (excludes halogenated alkanes) is 1. The molecule has 3 aromatic rings. The van der Waals surface area contributed by atoms with Crippen LogP contribution in [-0.2, 0) is 35.1 Å². The van der Waals surface area contributed by atoms with Gasteiger partial charge in [-0.3, -0.25) is 24.0 Å². The average Bonchev–Trinajstić information content (AvgIpc) is 3.82. The number of carbonyl (C=O) groups is 4. The average molecular weight is 737 g/mol. The fourth-order valence-corrected chi connectivity index (χ4v) is 8.92. The fraction of sp³-hybridized carbons (Fsp3) is 0.649. The van der Waals surface area contributed by atoms with Crippen LogP contribution in [0.4, 0.5) is 4.79 Å². The van der Waals surface area contributed by atoms with Crippen LogP contribution in [0.2, 0.25) is 5.82 Å². The molecule has 0 spiro atoms. The summed E-state index contributed by atoms with van der Waals surface area (Å²) in [7, 11) is 3.59. The van der Waals surface area contributed by atoms with Gasteiger partial charge in [-0.25, -0.2) is 9.78 Å². The SMILES string of the molecule is B[C@@H]1CC(=O)[C@@H](C)C(=O)O[C@H](CC)[C@@]2(C)OC(=O)N(CCCCn3cc(-c4nc5ccccc5s4)nn3)[C@@H]2[C@@H](C)N(C(C)=O)C[C@H](C)C[C@@]1(C)OC. The number of amides is 2. The minimum absolute atomic E-state index is 0.00989. The third kappa shape index (κ3) is 8.05. The van der Waals surface area contributed by atoms with Gasteiger partial charge in [0.25, 0.3) is 0 Å². The lowest BCUT2D eigenvalue weighted by Crippen LogP contribution is -2.62. The molecule has 0 radical (unpaired) electrons. The van der Waals surface area contributed by atoms with Crippen LogP contribution < -0.4 is 0 Å². The maximum absolute atomic E-state index is 13.8. The van der Waals surface area contributed by atoms with Crippen LogP contribution in [0.25, 0.3) is 20.9 Å². The van der Waals surface area contributed by atoms with Crippen LogP contribution in [0.3, 0.4) is 0 Å². The van der Waals surface area contributed by atoms with Gasteiger partial charge in [0.05, 0.1) is 34.1 Å². The third-order valence-corrected chi connectivity index (χ3v) is 12.3. The minimum atomic E-state index is -1.30. The highest BCUT2D eigenvalue weighted by Gasteiger charge is 2.59. The molecule has 0 aliphatic carbocycles. The number of nitrogens with zero attached hydrogens (tertiary/aromatic N) is 6. The van der Waals surface area contributed by atoms with E-state index < -0.39 is 47.4 Å². The van der Waals surface area contributed by atoms with Gasteiger partial charge in [0.1, 0.15) is 36.4 Å². The summed E-state index contributed by atoms with van der Waals surface area (Å²) >= 11 is 1.57. The quantitative estimate of drug-likeness (QED) is 0.135. The molecule has 13 nitrogen and oxygen atoms in total. The Morgan fingerprint density at radius 2 is 1.83 bits per heavy atom. The molecule has 2 aliphatic rings. The number of carbonyl (C=O) groups excluding carboxylic acids is 4. The lowest BCUT2D eigenvalue weighted by Gasteiger charge is -2.44. The van der Waals surface area contributed by atoms with Gasteiger partial charge in [-0.1, -0.05) is 31.2 Å². The van der Waals surface area contributed by atoms with Crippen LogP contribution in [0.5, 0.6) is 0 Å². The summed E-state index contributed by atoms with van der Waals surface area (Å²) in [5.41, 5.74) is -0.344. The number of rotatable bonds is 8. The van der Waals surface area contributed by atoms with E-state index in [0.29, 0.717) is 51.0 Å². The molecule has 0 saturated carbocycles. The summed E-state index contributed by atoms with van der Waals surface area (Å²) in [5.74, 6) is -2.24. The van der Waals surface area contributed by atoms with Crippen molar-refractivity contribution in [3.05, 3.63) is 30.5 Å². The second-order valence-corrected chi connectivity index (χ2v) is 16.1. The van der Waals surface area contributed by atoms with E-state index in [9.17, 15) is 19.2 Å². The van der Waals surface area contributed by atoms with Gasteiger partial charge in [-0.05, 0) is 77.2 Å². The van der Waals surface area contributed by atoms with Gasteiger partial charge in [0.15, 0.2) is 5.60 Å². The predicted octanol–water partition coefficient (Wildman–Crippen LogP) is 4.94. The number of aromatic nitrogens is 4. The molecule has 15 heteroatoms. The number of aryl methyl sites for hydroxylation is 1. The molecular formula is C37H53BN6O7S. The van der Waals surface area contributed by atoms with Crippen LogP contribution in [0, 0.1) is 11.8 Å². The van der Waals surface area contributed by atoms with Crippen molar-refractivity contribution in [1.29, 1.82) is 0 Å². The van der Waals surface area contributed by atoms with Crippen LogP contribution in [0.15, 0.2) is 30.5 Å². The number of cyclic esters (lactones) is 1. The first-order valence-corrected chi connectivity index (χ1v) is 19.2. The molecule has 0 unspecified atom stereocenters. The van der Waals surface area contributed by atoms with Gasteiger partial charge >= 0.3 is 12.1 Å². The van der Waals surface area contributed by atoms with Gasteiger partial charge < -0.3 is 19.1 Å². The first-order valence-electron chi connectivity index (χ1n) is 18.4. The fourth-order valence-electron chi connectivity index (χ4n) is 8.00. The second kappa shape index (κ2) is 16.0. The maximum atomic E-state index is 13.8. The zero-order valence-electron chi connectivity index (χ0n) is 32.0. The number of para-hydroxylation sites is 1. The number of thiazole rings is 1. The Kier molecular flexibility index (Phi) is 12.1. The molecule has 2 fully saturated rings. The Balaban J connectivity index is 1.38. The first-order chi connectivity index (χ1) is 24.6. The Hall–Kier alpha value is -3.85. The number of hydrogen-bond acceptors (Lipinski definition) is 11. The molecule has 282 valence electrons. The molecule has 2 saturated heterocycles. The van der Waals surface area contributed by atoms with E-state index in [1.807, 2.05) is 59.1 Å². The molecule has 0 bridgehead atoms. The molecule has 5 rings (SSSR count). The van der Waals surface area contributed by atoms with Gasteiger partial charge in [-0.2, -0.15) is 0 Å². The summed E-state index contributed by atoms with van der Waals surface area (Å²) in [6.07, 6.45) is 2.86. The topological polar surface area (TPSA) is 146 Å². The molecule has 4 heterocycles. The van der Waals surface area contributed by atoms with Gasteiger partial charge in [0, 0.05) is 40.1 Å². The zero-order valence-corrected chi connectivity index (χ0v) is 32.8. The molecule has 1 aromatic carbocycles. The molecule has 2 aliphatic heterocycles. The Morgan fingerprint density at radius 1 is 1.12 bits per heavy atom. The van der Waals surface area contributed by atoms with Gasteiger partial charge in [-0.15, -0.1) is 16.4 Å². The Morgan fingerprint density at radius 3 is 2.50 bits per heavy atom. The summed E-state index contributed by atoms with van der Waals surface area (Å²) in [5, 5.41) is 9.46. The van der Waals surface area contributed by atoms with E-state index in [1.54, 1.807) is 46.8 Å². The summed E-state index contributed by atoms with van der Waals surface area (Å²) in [6.45, 7) is 14.0. The molecule has 52 heavy (non-hydrogen) atoms. The van der Waals surface area contributed by atoms with E-state index in [0.717, 1.165) is 15.2 Å². The van der Waals surface area contributed by atoms with Crippen molar-refractivity contribution in [1.82, 2.24) is 29.8 Å². The van der Waals surface area contributed by atoms with Crippen molar-refractivity contribution in [2.45, 2.75) is 122 Å². The number of esters is 1. The minimum Gasteiger partial charge on any atom is -0.458 e. The number of Topliss-reactive ketones (excluding diaryl/α,β-unsaturated/α-hetero) is 1.